The molecule has 0 spiro atoms. The van der Waals surface area contributed by atoms with Crippen molar-refractivity contribution in [2.75, 3.05) is 18.5 Å². The lowest BCUT2D eigenvalue weighted by Crippen LogP contribution is -2.34. The second-order valence-corrected chi connectivity index (χ2v) is 5.39. The van der Waals surface area contributed by atoms with E-state index >= 15 is 0 Å². The van der Waals surface area contributed by atoms with Crippen molar-refractivity contribution < 1.29 is 4.74 Å². The second-order valence-electron chi connectivity index (χ2n) is 4.55. The highest BCUT2D eigenvalue weighted by atomic mass is 35.5. The summed E-state index contributed by atoms with van der Waals surface area (Å²) >= 11 is 11.0. The molecule has 17 heavy (non-hydrogen) atoms. The second kappa shape index (κ2) is 4.80. The average Bonchev–Trinajstić information content (AvgIpc) is 2.64. The molecule has 1 atom stereocenters. The highest BCUT2D eigenvalue weighted by Gasteiger charge is 2.29. The molecule has 3 N–H and O–H groups in total. The summed E-state index contributed by atoms with van der Waals surface area (Å²) in [7, 11) is 0. The summed E-state index contributed by atoms with van der Waals surface area (Å²) in [6.45, 7) is 3.64. The molecule has 0 bridgehead atoms. The van der Waals surface area contributed by atoms with E-state index in [4.69, 9.17) is 34.3 Å². The van der Waals surface area contributed by atoms with Gasteiger partial charge in [-0.05, 0) is 31.5 Å². The van der Waals surface area contributed by atoms with Gasteiger partial charge in [0, 0.05) is 17.9 Å². The van der Waals surface area contributed by atoms with Gasteiger partial charge in [-0.3, -0.25) is 0 Å². The quantitative estimate of drug-likeness (QED) is 0.829. The summed E-state index contributed by atoms with van der Waals surface area (Å²) in [5, 5.41) is 4.00. The molecular weight excluding hydrogens is 256 g/mol. The molecule has 1 aromatic carbocycles. The Balaban J connectivity index is 2.17. The Kier molecular flexibility index (Phi) is 3.56. The van der Waals surface area contributed by atoms with E-state index < -0.39 is 0 Å². The van der Waals surface area contributed by atoms with E-state index in [1.165, 1.54) is 0 Å². The number of hydrogen-bond donors (Lipinski definition) is 2. The fourth-order valence-electron chi connectivity index (χ4n) is 1.91. The van der Waals surface area contributed by atoms with E-state index in [0.29, 0.717) is 22.2 Å². The molecule has 92 valence electrons. The highest BCUT2D eigenvalue weighted by Crippen LogP contribution is 2.27. The maximum Gasteiger partial charge on any atom is 0.105 e. The first-order chi connectivity index (χ1) is 8.00. The van der Waals surface area contributed by atoms with Gasteiger partial charge in [0.25, 0.3) is 0 Å². The first-order valence-electron chi connectivity index (χ1n) is 5.45. The van der Waals surface area contributed by atoms with E-state index in [2.05, 4.69) is 12.2 Å². The molecule has 0 aromatic heterocycles. The molecule has 1 aliphatic rings. The van der Waals surface area contributed by atoms with Gasteiger partial charge in [-0.2, -0.15) is 0 Å². The molecule has 1 aliphatic heterocycles. The van der Waals surface area contributed by atoms with Crippen LogP contribution in [0.5, 0.6) is 0 Å². The molecule has 2 rings (SSSR count). The largest absolute Gasteiger partial charge is 0.389 e. The topological polar surface area (TPSA) is 47.3 Å². The van der Waals surface area contributed by atoms with Crippen LogP contribution in [0.15, 0.2) is 18.2 Å². The zero-order valence-electron chi connectivity index (χ0n) is 9.63. The molecule has 1 saturated heterocycles. The molecule has 1 heterocycles. The Bertz CT molecular complexity index is 444. The summed E-state index contributed by atoms with van der Waals surface area (Å²) in [4.78, 5) is 0.317. The van der Waals surface area contributed by atoms with E-state index in [1.54, 1.807) is 0 Å². The van der Waals surface area contributed by atoms with E-state index in [-0.39, 0.29) is 5.54 Å². The van der Waals surface area contributed by atoms with Crippen LogP contribution in [0.4, 0.5) is 5.69 Å². The Morgan fingerprint density at radius 2 is 2.35 bits per heavy atom. The summed E-state index contributed by atoms with van der Waals surface area (Å²) in [6.07, 6.45) is 0.988. The zero-order chi connectivity index (χ0) is 12.5. The SMILES string of the molecule is CC1(Nc2ccc(C(N)=S)c(Cl)c2)CCOC1. The number of halogens is 1. The van der Waals surface area contributed by atoms with Crippen LogP contribution < -0.4 is 11.1 Å². The molecule has 5 heteroatoms. The molecule has 0 aliphatic carbocycles. The van der Waals surface area contributed by atoms with Gasteiger partial charge >= 0.3 is 0 Å². The van der Waals surface area contributed by atoms with Crippen LogP contribution in [0.1, 0.15) is 18.9 Å². The van der Waals surface area contributed by atoms with Gasteiger partial charge in [0.2, 0.25) is 0 Å². The van der Waals surface area contributed by atoms with E-state index in [0.717, 1.165) is 18.7 Å². The van der Waals surface area contributed by atoms with Gasteiger partial charge in [0.15, 0.2) is 0 Å². The minimum absolute atomic E-state index is 0.0198. The molecule has 3 nitrogen and oxygen atoms in total. The van der Waals surface area contributed by atoms with Crippen LogP contribution in [0.2, 0.25) is 5.02 Å². The normalized spacial score (nSPS) is 23.6. The van der Waals surface area contributed by atoms with Crippen LogP contribution in [0.3, 0.4) is 0 Å². The highest BCUT2D eigenvalue weighted by molar-refractivity contribution is 7.80. The predicted molar refractivity (Wildman–Crippen MR) is 74.8 cm³/mol. The summed E-state index contributed by atoms with van der Waals surface area (Å²) in [6, 6.07) is 5.62. The fourth-order valence-corrected chi connectivity index (χ4v) is 2.42. The number of nitrogens with two attached hydrogens (primary N) is 1. The average molecular weight is 271 g/mol. The predicted octanol–water partition coefficient (Wildman–Crippen LogP) is 2.57. The lowest BCUT2D eigenvalue weighted by atomic mass is 10.0. The summed E-state index contributed by atoms with van der Waals surface area (Å²) in [5.74, 6) is 0. The van der Waals surface area contributed by atoms with Crippen molar-refractivity contribution in [1.82, 2.24) is 0 Å². The number of thiocarbonyl (C=S) groups is 1. The van der Waals surface area contributed by atoms with Crippen molar-refractivity contribution in [2.45, 2.75) is 18.9 Å². The summed E-state index contributed by atoms with van der Waals surface area (Å²) in [5.41, 5.74) is 7.21. The number of ether oxygens (including phenoxy) is 1. The van der Waals surface area contributed by atoms with Gasteiger partial charge in [-0.1, -0.05) is 23.8 Å². The maximum absolute atomic E-state index is 6.12. The standard InChI is InChI=1S/C12H15ClN2OS/c1-12(4-5-16-7-12)15-8-2-3-9(11(14)17)10(13)6-8/h2-3,6,15H,4-5,7H2,1H3,(H2,14,17). The molecular formula is C12H15ClN2OS. The van der Waals surface area contributed by atoms with Gasteiger partial charge in [0.1, 0.15) is 4.99 Å². The first-order valence-corrected chi connectivity index (χ1v) is 6.24. The van der Waals surface area contributed by atoms with E-state index in [1.807, 2.05) is 18.2 Å². The number of anilines is 1. The number of benzene rings is 1. The Hall–Kier alpha value is -0.840. The molecule has 0 saturated carbocycles. The smallest absolute Gasteiger partial charge is 0.105 e. The van der Waals surface area contributed by atoms with Crippen LogP contribution >= 0.6 is 23.8 Å². The Morgan fingerprint density at radius 3 is 2.88 bits per heavy atom. The van der Waals surface area contributed by atoms with Crippen molar-refractivity contribution in [2.24, 2.45) is 5.73 Å². The van der Waals surface area contributed by atoms with Gasteiger partial charge in [0.05, 0.1) is 17.2 Å². The van der Waals surface area contributed by atoms with Gasteiger partial charge in [-0.15, -0.1) is 0 Å². The zero-order valence-corrected chi connectivity index (χ0v) is 11.2. The number of rotatable bonds is 3. The maximum atomic E-state index is 6.12. The van der Waals surface area contributed by atoms with Crippen molar-refractivity contribution in [3.8, 4) is 0 Å². The van der Waals surface area contributed by atoms with Crippen molar-refractivity contribution in [1.29, 1.82) is 0 Å². The Morgan fingerprint density at radius 1 is 1.59 bits per heavy atom. The van der Waals surface area contributed by atoms with Gasteiger partial charge < -0.3 is 15.8 Å². The number of hydrogen-bond acceptors (Lipinski definition) is 3. The monoisotopic (exact) mass is 270 g/mol. The molecule has 0 amide bonds. The number of nitrogens with one attached hydrogen (secondary N) is 1. The molecule has 1 fully saturated rings. The Labute approximate surface area is 111 Å². The lowest BCUT2D eigenvalue weighted by molar-refractivity contribution is 0.185. The van der Waals surface area contributed by atoms with Crippen molar-refractivity contribution in [3.05, 3.63) is 28.8 Å². The van der Waals surface area contributed by atoms with Crippen LogP contribution in [-0.2, 0) is 4.74 Å². The third-order valence-corrected chi connectivity index (χ3v) is 3.43. The summed E-state index contributed by atoms with van der Waals surface area (Å²) < 4.78 is 5.39. The third-order valence-electron chi connectivity index (χ3n) is 2.90. The lowest BCUT2D eigenvalue weighted by Gasteiger charge is -2.25. The van der Waals surface area contributed by atoms with Crippen molar-refractivity contribution >= 4 is 34.5 Å². The minimum atomic E-state index is -0.0198. The molecule has 1 aromatic rings. The van der Waals surface area contributed by atoms with Crippen LogP contribution in [-0.4, -0.2) is 23.7 Å². The van der Waals surface area contributed by atoms with E-state index in [9.17, 15) is 0 Å². The molecule has 1 unspecified atom stereocenters. The van der Waals surface area contributed by atoms with Crippen LogP contribution in [0, 0.1) is 0 Å². The third kappa shape index (κ3) is 2.89. The van der Waals surface area contributed by atoms with Crippen LogP contribution in [0.25, 0.3) is 0 Å². The first kappa shape index (κ1) is 12.6. The van der Waals surface area contributed by atoms with Gasteiger partial charge in [-0.25, -0.2) is 0 Å². The van der Waals surface area contributed by atoms with Crippen molar-refractivity contribution in [3.63, 3.8) is 0 Å². The fraction of sp³-hybridized carbons (Fsp3) is 0.417. The molecule has 0 radical (unpaired) electrons. The minimum Gasteiger partial charge on any atom is -0.389 e.